The van der Waals surface area contributed by atoms with Gasteiger partial charge in [-0.1, -0.05) is 114 Å². The molecule has 6 heteroatoms. The van der Waals surface area contributed by atoms with E-state index >= 15 is 0 Å². The van der Waals surface area contributed by atoms with Crippen molar-refractivity contribution in [2.45, 2.75) is 48.4 Å². The first kappa shape index (κ1) is 23.7. The van der Waals surface area contributed by atoms with Crippen LogP contribution in [0.4, 0.5) is 4.79 Å². The van der Waals surface area contributed by atoms with Crippen LogP contribution in [0.5, 0.6) is 0 Å². The summed E-state index contributed by atoms with van der Waals surface area (Å²) in [6.45, 7) is 0.564. The van der Waals surface area contributed by atoms with Crippen molar-refractivity contribution in [1.29, 1.82) is 0 Å². The number of hydrogen-bond donors (Lipinski definition) is 1. The van der Waals surface area contributed by atoms with Gasteiger partial charge in [0.15, 0.2) is 6.29 Å². The Kier molecular flexibility index (Phi) is 8.36. The summed E-state index contributed by atoms with van der Waals surface area (Å²) < 4.78 is 11.8. The van der Waals surface area contributed by atoms with Crippen LogP contribution in [0.2, 0.25) is 0 Å². The molecular weight excluding hydrogens is 529 g/mol. The molecular formula is C27H28INO4. The van der Waals surface area contributed by atoms with E-state index in [1.165, 1.54) is 0 Å². The van der Waals surface area contributed by atoms with Gasteiger partial charge in [-0.05, 0) is 29.5 Å². The molecule has 0 aliphatic carbocycles. The second-order valence-electron chi connectivity index (χ2n) is 8.17. The van der Waals surface area contributed by atoms with Crippen LogP contribution in [0.3, 0.4) is 0 Å². The third-order valence-electron chi connectivity index (χ3n) is 5.82. The number of rotatable bonds is 7. The molecule has 0 aromatic heterocycles. The van der Waals surface area contributed by atoms with E-state index in [0.717, 1.165) is 29.5 Å². The number of nitrogens with zero attached hydrogens (tertiary/aromatic N) is 1. The molecule has 1 fully saturated rings. The Morgan fingerprint density at radius 1 is 0.939 bits per heavy atom. The average Bonchev–Trinajstić information content (AvgIpc) is 2.86. The van der Waals surface area contributed by atoms with Crippen LogP contribution in [-0.2, 0) is 22.6 Å². The third kappa shape index (κ3) is 6.34. The highest BCUT2D eigenvalue weighted by Crippen LogP contribution is 2.36. The van der Waals surface area contributed by atoms with E-state index in [1.54, 1.807) is 4.90 Å². The molecule has 0 saturated carbocycles. The molecule has 3 aromatic rings. The van der Waals surface area contributed by atoms with Crippen LogP contribution in [-0.4, -0.2) is 32.4 Å². The number of ether oxygens (including phenoxy) is 2. The van der Waals surface area contributed by atoms with Gasteiger partial charge in [0.1, 0.15) is 6.61 Å². The number of aliphatic hydroxyl groups is 1. The first-order valence-corrected chi connectivity index (χ1v) is 12.4. The maximum atomic E-state index is 13.5. The fourth-order valence-corrected chi connectivity index (χ4v) is 4.66. The minimum absolute atomic E-state index is 0.0304. The van der Waals surface area contributed by atoms with Gasteiger partial charge in [-0.2, -0.15) is 0 Å². The van der Waals surface area contributed by atoms with E-state index in [-0.39, 0.29) is 16.6 Å². The number of carbonyl (C=O) groups is 1. The van der Waals surface area contributed by atoms with Gasteiger partial charge in [-0.3, -0.25) is 4.90 Å². The lowest BCUT2D eigenvalue weighted by molar-refractivity contribution is -0.174. The highest BCUT2D eigenvalue weighted by atomic mass is 127. The van der Waals surface area contributed by atoms with Gasteiger partial charge >= 0.3 is 6.09 Å². The van der Waals surface area contributed by atoms with E-state index in [0.29, 0.717) is 6.54 Å². The number of halogens is 1. The molecule has 1 aliphatic rings. The van der Waals surface area contributed by atoms with Crippen molar-refractivity contribution in [3.8, 4) is 0 Å². The van der Waals surface area contributed by atoms with Gasteiger partial charge in [0.2, 0.25) is 0 Å². The van der Waals surface area contributed by atoms with Gasteiger partial charge in [-0.15, -0.1) is 0 Å². The lowest BCUT2D eigenvalue weighted by atomic mass is 9.93. The lowest BCUT2D eigenvalue weighted by Crippen LogP contribution is -2.46. The van der Waals surface area contributed by atoms with Crippen LogP contribution in [0.1, 0.15) is 35.6 Å². The van der Waals surface area contributed by atoms with Gasteiger partial charge < -0.3 is 14.6 Å². The molecule has 1 N–H and O–H groups in total. The van der Waals surface area contributed by atoms with E-state index in [1.807, 2.05) is 91.0 Å². The predicted octanol–water partition coefficient (Wildman–Crippen LogP) is 5.87. The first-order valence-electron chi connectivity index (χ1n) is 11.2. The Labute approximate surface area is 208 Å². The van der Waals surface area contributed by atoms with Crippen molar-refractivity contribution in [3.63, 3.8) is 0 Å². The van der Waals surface area contributed by atoms with Gasteiger partial charge in [0.25, 0.3) is 0 Å². The summed E-state index contributed by atoms with van der Waals surface area (Å²) >= 11 is 2.22. The molecule has 0 bridgehead atoms. The molecule has 3 aromatic carbocycles. The average molecular weight is 557 g/mol. The minimum Gasteiger partial charge on any atom is -0.445 e. The molecule has 1 aliphatic heterocycles. The summed E-state index contributed by atoms with van der Waals surface area (Å²) in [4.78, 5) is 15.2. The molecule has 4 rings (SSSR count). The monoisotopic (exact) mass is 557 g/mol. The van der Waals surface area contributed by atoms with Crippen molar-refractivity contribution in [2.75, 3.05) is 0 Å². The second-order valence-corrected chi connectivity index (χ2v) is 9.77. The molecule has 4 atom stereocenters. The van der Waals surface area contributed by atoms with Gasteiger partial charge in [0, 0.05) is 6.54 Å². The highest BCUT2D eigenvalue weighted by molar-refractivity contribution is 14.1. The highest BCUT2D eigenvalue weighted by Gasteiger charge is 2.39. The SMILES string of the molecule is O=C(OCc1ccccc1)N(Cc1ccccc1)[C@H](c1ccccc1)[C@@H]1CCC(I)C(O)O1. The normalized spacial score (nSPS) is 21.2. The van der Waals surface area contributed by atoms with Crippen LogP contribution in [0.25, 0.3) is 0 Å². The van der Waals surface area contributed by atoms with E-state index < -0.39 is 18.4 Å². The fraction of sp³-hybridized carbons (Fsp3) is 0.296. The zero-order valence-electron chi connectivity index (χ0n) is 18.3. The lowest BCUT2D eigenvalue weighted by Gasteiger charge is -2.40. The number of alkyl halides is 1. The number of carbonyl (C=O) groups excluding carboxylic acids is 1. The molecule has 2 unspecified atom stereocenters. The topological polar surface area (TPSA) is 59.0 Å². The summed E-state index contributed by atoms with van der Waals surface area (Å²) in [5.74, 6) is 0. The quantitative estimate of drug-likeness (QED) is 0.292. The van der Waals surface area contributed by atoms with Crippen molar-refractivity contribution in [1.82, 2.24) is 4.90 Å². The molecule has 1 heterocycles. The van der Waals surface area contributed by atoms with Crippen LogP contribution in [0.15, 0.2) is 91.0 Å². The van der Waals surface area contributed by atoms with Crippen LogP contribution < -0.4 is 0 Å². The summed E-state index contributed by atoms with van der Waals surface area (Å²) in [6.07, 6.45) is -0.0720. The Bertz CT molecular complexity index is 1000. The number of hydrogen-bond acceptors (Lipinski definition) is 4. The maximum absolute atomic E-state index is 13.5. The summed E-state index contributed by atoms with van der Waals surface area (Å²) in [6, 6.07) is 29.0. The summed E-state index contributed by atoms with van der Waals surface area (Å²) in [5, 5.41) is 10.4. The smallest absolute Gasteiger partial charge is 0.411 e. The molecule has 0 radical (unpaired) electrons. The van der Waals surface area contributed by atoms with Crippen LogP contribution in [0, 0.1) is 0 Å². The zero-order chi connectivity index (χ0) is 23.0. The van der Waals surface area contributed by atoms with Gasteiger partial charge in [-0.25, -0.2) is 4.79 Å². The van der Waals surface area contributed by atoms with E-state index in [9.17, 15) is 9.90 Å². The number of amides is 1. The molecule has 1 amide bonds. The first-order chi connectivity index (χ1) is 16.1. The molecule has 172 valence electrons. The van der Waals surface area contributed by atoms with Crippen molar-refractivity contribution in [3.05, 3.63) is 108 Å². The Morgan fingerprint density at radius 2 is 1.52 bits per heavy atom. The second kappa shape index (κ2) is 11.6. The summed E-state index contributed by atoms with van der Waals surface area (Å²) in [7, 11) is 0. The minimum atomic E-state index is -0.866. The summed E-state index contributed by atoms with van der Waals surface area (Å²) in [5.41, 5.74) is 2.88. The van der Waals surface area contributed by atoms with Crippen molar-refractivity contribution < 1.29 is 19.4 Å². The van der Waals surface area contributed by atoms with Gasteiger partial charge in [0.05, 0.1) is 16.1 Å². The molecule has 0 spiro atoms. The van der Waals surface area contributed by atoms with Crippen molar-refractivity contribution >= 4 is 28.7 Å². The number of benzene rings is 3. The Balaban J connectivity index is 1.65. The van der Waals surface area contributed by atoms with Crippen LogP contribution >= 0.6 is 22.6 Å². The van der Waals surface area contributed by atoms with Crippen molar-refractivity contribution in [2.24, 2.45) is 0 Å². The predicted molar refractivity (Wildman–Crippen MR) is 136 cm³/mol. The largest absolute Gasteiger partial charge is 0.445 e. The molecule has 5 nitrogen and oxygen atoms in total. The standard InChI is InChI=1S/C27H28INO4/c28-23-16-17-24(33-26(23)30)25(22-14-8-3-9-15-22)29(18-20-10-4-1-5-11-20)27(31)32-19-21-12-6-2-7-13-21/h1-15,23-26,30H,16-19H2/t23?,24-,25+,26?/m0/s1. The maximum Gasteiger partial charge on any atom is 0.411 e. The number of aliphatic hydroxyl groups excluding tert-OH is 1. The molecule has 33 heavy (non-hydrogen) atoms. The van der Waals surface area contributed by atoms with E-state index in [4.69, 9.17) is 9.47 Å². The zero-order valence-corrected chi connectivity index (χ0v) is 20.5. The third-order valence-corrected chi connectivity index (χ3v) is 7.05. The Morgan fingerprint density at radius 3 is 2.12 bits per heavy atom. The molecule has 1 saturated heterocycles. The Hall–Kier alpha value is -2.42. The van der Waals surface area contributed by atoms with E-state index in [2.05, 4.69) is 22.6 Å². The fourth-order valence-electron chi connectivity index (χ4n) is 4.14.